The van der Waals surface area contributed by atoms with E-state index in [0.29, 0.717) is 12.2 Å². The van der Waals surface area contributed by atoms with Crippen molar-refractivity contribution in [2.45, 2.75) is 13.8 Å². The number of nitrogens with one attached hydrogen (secondary N) is 1. The lowest BCUT2D eigenvalue weighted by atomic mass is 10.1. The molecule has 0 fully saturated rings. The first-order valence-electron chi connectivity index (χ1n) is 8.77. The highest BCUT2D eigenvalue weighted by Gasteiger charge is 2.15. The maximum atomic E-state index is 12.5. The maximum Gasteiger partial charge on any atom is 0.269 e. The Morgan fingerprint density at radius 2 is 2.15 bits per heavy atom. The molecule has 0 aliphatic rings. The van der Waals surface area contributed by atoms with E-state index in [4.69, 9.17) is 4.74 Å². The average molecular weight is 372 g/mol. The molecular formula is C19H24N4O2S. The van der Waals surface area contributed by atoms with Crippen LogP contribution >= 0.6 is 11.3 Å². The van der Waals surface area contributed by atoms with E-state index in [1.807, 2.05) is 40.2 Å². The Morgan fingerprint density at radius 1 is 1.35 bits per heavy atom. The van der Waals surface area contributed by atoms with Gasteiger partial charge in [0.15, 0.2) is 4.96 Å². The van der Waals surface area contributed by atoms with Gasteiger partial charge >= 0.3 is 0 Å². The summed E-state index contributed by atoms with van der Waals surface area (Å²) in [6.45, 7) is 7.71. The molecule has 0 bridgehead atoms. The average Bonchev–Trinajstić information content (AvgIpc) is 3.26. The third-order valence-corrected chi connectivity index (χ3v) is 5.26. The zero-order valence-electron chi connectivity index (χ0n) is 15.4. The van der Waals surface area contributed by atoms with Gasteiger partial charge in [0.25, 0.3) is 5.91 Å². The molecule has 0 aliphatic carbocycles. The van der Waals surface area contributed by atoms with Crippen LogP contribution in [0.5, 0.6) is 5.75 Å². The number of imidazole rings is 1. The van der Waals surface area contributed by atoms with Crippen LogP contribution < -0.4 is 10.1 Å². The molecule has 1 amide bonds. The SMILES string of the molecule is CCN(CC)CCNC(=O)c1csc2nc(-c3cccc(OC)c3)cn12. The van der Waals surface area contributed by atoms with Gasteiger partial charge in [-0.3, -0.25) is 9.20 Å². The van der Waals surface area contributed by atoms with Gasteiger partial charge in [0, 0.05) is 30.2 Å². The Labute approximate surface area is 157 Å². The highest BCUT2D eigenvalue weighted by molar-refractivity contribution is 7.15. The van der Waals surface area contributed by atoms with Crippen LogP contribution in [-0.2, 0) is 0 Å². The number of hydrogen-bond donors (Lipinski definition) is 1. The van der Waals surface area contributed by atoms with Crippen molar-refractivity contribution in [2.75, 3.05) is 33.3 Å². The molecule has 2 aromatic heterocycles. The van der Waals surface area contributed by atoms with Crippen LogP contribution in [0, 0.1) is 0 Å². The molecule has 138 valence electrons. The van der Waals surface area contributed by atoms with E-state index < -0.39 is 0 Å². The fraction of sp³-hybridized carbons (Fsp3) is 0.368. The normalized spacial score (nSPS) is 11.2. The van der Waals surface area contributed by atoms with Crippen LogP contribution in [0.4, 0.5) is 0 Å². The van der Waals surface area contributed by atoms with Gasteiger partial charge in [-0.25, -0.2) is 4.98 Å². The van der Waals surface area contributed by atoms with Crippen molar-refractivity contribution in [3.05, 3.63) is 41.5 Å². The highest BCUT2D eigenvalue weighted by Crippen LogP contribution is 2.26. The summed E-state index contributed by atoms with van der Waals surface area (Å²) >= 11 is 1.47. The van der Waals surface area contributed by atoms with E-state index in [9.17, 15) is 4.79 Å². The minimum atomic E-state index is -0.0713. The van der Waals surface area contributed by atoms with Gasteiger partial charge in [-0.15, -0.1) is 11.3 Å². The summed E-state index contributed by atoms with van der Waals surface area (Å²) in [5, 5.41) is 4.85. The molecule has 0 saturated heterocycles. The lowest BCUT2D eigenvalue weighted by Gasteiger charge is -2.17. The van der Waals surface area contributed by atoms with Crippen LogP contribution in [0.1, 0.15) is 24.3 Å². The monoisotopic (exact) mass is 372 g/mol. The number of nitrogens with zero attached hydrogens (tertiary/aromatic N) is 3. The van der Waals surface area contributed by atoms with Crippen LogP contribution in [-0.4, -0.2) is 53.5 Å². The van der Waals surface area contributed by atoms with E-state index in [-0.39, 0.29) is 5.91 Å². The zero-order chi connectivity index (χ0) is 18.5. The van der Waals surface area contributed by atoms with Crippen molar-refractivity contribution >= 4 is 22.2 Å². The summed E-state index contributed by atoms with van der Waals surface area (Å²) in [5.41, 5.74) is 2.41. The molecule has 0 unspecified atom stereocenters. The fourth-order valence-electron chi connectivity index (χ4n) is 2.83. The highest BCUT2D eigenvalue weighted by atomic mass is 32.1. The van der Waals surface area contributed by atoms with Gasteiger partial charge in [0.2, 0.25) is 0 Å². The number of carbonyl (C=O) groups excluding carboxylic acids is 1. The molecule has 3 rings (SSSR count). The van der Waals surface area contributed by atoms with Gasteiger partial charge < -0.3 is 15.0 Å². The molecular weight excluding hydrogens is 348 g/mol. The van der Waals surface area contributed by atoms with Gasteiger partial charge in [-0.05, 0) is 25.2 Å². The Hall–Kier alpha value is -2.38. The van der Waals surface area contributed by atoms with E-state index in [1.54, 1.807) is 7.11 Å². The van der Waals surface area contributed by atoms with E-state index in [1.165, 1.54) is 11.3 Å². The summed E-state index contributed by atoms with van der Waals surface area (Å²) in [5.74, 6) is 0.714. The number of amides is 1. The van der Waals surface area contributed by atoms with Crippen LogP contribution in [0.25, 0.3) is 16.2 Å². The Balaban J connectivity index is 1.76. The quantitative estimate of drug-likeness (QED) is 0.660. The molecule has 0 atom stereocenters. The molecule has 0 radical (unpaired) electrons. The van der Waals surface area contributed by atoms with Crippen molar-refractivity contribution in [3.8, 4) is 17.0 Å². The molecule has 6 nitrogen and oxygen atoms in total. The second-order valence-electron chi connectivity index (χ2n) is 5.91. The largest absolute Gasteiger partial charge is 0.497 e. The third kappa shape index (κ3) is 3.89. The van der Waals surface area contributed by atoms with Crippen LogP contribution in [0.3, 0.4) is 0 Å². The van der Waals surface area contributed by atoms with Crippen molar-refractivity contribution in [1.82, 2.24) is 19.6 Å². The first-order valence-corrected chi connectivity index (χ1v) is 9.65. The molecule has 0 spiro atoms. The molecule has 1 N–H and O–H groups in total. The first kappa shape index (κ1) is 18.4. The number of hydrogen-bond acceptors (Lipinski definition) is 5. The molecule has 1 aromatic carbocycles. The molecule has 26 heavy (non-hydrogen) atoms. The predicted molar refractivity (Wildman–Crippen MR) is 105 cm³/mol. The van der Waals surface area contributed by atoms with Crippen LogP contribution in [0.15, 0.2) is 35.8 Å². The summed E-state index contributed by atoms with van der Waals surface area (Å²) in [6, 6.07) is 7.76. The van der Waals surface area contributed by atoms with E-state index in [0.717, 1.165) is 41.6 Å². The number of benzene rings is 1. The Morgan fingerprint density at radius 3 is 2.88 bits per heavy atom. The summed E-state index contributed by atoms with van der Waals surface area (Å²) in [7, 11) is 1.64. The number of carbonyl (C=O) groups is 1. The summed E-state index contributed by atoms with van der Waals surface area (Å²) in [6.07, 6.45) is 1.90. The lowest BCUT2D eigenvalue weighted by molar-refractivity contribution is 0.0943. The minimum Gasteiger partial charge on any atom is -0.497 e. The fourth-order valence-corrected chi connectivity index (χ4v) is 3.68. The molecule has 2 heterocycles. The van der Waals surface area contributed by atoms with E-state index in [2.05, 4.69) is 29.0 Å². The van der Waals surface area contributed by atoms with Gasteiger partial charge in [-0.2, -0.15) is 0 Å². The number of methoxy groups -OCH3 is 1. The standard InChI is InChI=1S/C19H24N4O2S/c1-4-22(5-2)10-9-20-18(24)17-13-26-19-21-16(12-23(17)19)14-7-6-8-15(11-14)25-3/h6-8,11-13H,4-5,9-10H2,1-3H3,(H,20,24). The number of ether oxygens (including phenoxy) is 1. The smallest absolute Gasteiger partial charge is 0.269 e. The number of fused-ring (bicyclic) bond motifs is 1. The zero-order valence-corrected chi connectivity index (χ0v) is 16.2. The Bertz CT molecular complexity index is 883. The van der Waals surface area contributed by atoms with Crippen molar-refractivity contribution in [3.63, 3.8) is 0 Å². The number of aromatic nitrogens is 2. The van der Waals surface area contributed by atoms with Crippen LogP contribution in [0.2, 0.25) is 0 Å². The minimum absolute atomic E-state index is 0.0713. The molecule has 0 saturated carbocycles. The molecule has 0 aliphatic heterocycles. The van der Waals surface area contributed by atoms with Crippen molar-refractivity contribution in [1.29, 1.82) is 0 Å². The number of thiazole rings is 1. The van der Waals surface area contributed by atoms with E-state index >= 15 is 0 Å². The number of rotatable bonds is 8. The topological polar surface area (TPSA) is 58.9 Å². The second-order valence-corrected chi connectivity index (χ2v) is 6.75. The first-order chi connectivity index (χ1) is 12.7. The number of likely N-dealkylation sites (N-methyl/N-ethyl adjacent to an activating group) is 1. The van der Waals surface area contributed by atoms with Crippen molar-refractivity contribution < 1.29 is 9.53 Å². The summed E-state index contributed by atoms with van der Waals surface area (Å²) < 4.78 is 7.13. The van der Waals surface area contributed by atoms with Crippen molar-refractivity contribution in [2.24, 2.45) is 0 Å². The predicted octanol–water partition coefficient (Wildman–Crippen LogP) is 3.14. The molecule has 7 heteroatoms. The van der Waals surface area contributed by atoms with Gasteiger partial charge in [0.1, 0.15) is 11.4 Å². The van der Waals surface area contributed by atoms with Gasteiger partial charge in [-0.1, -0.05) is 26.0 Å². The second kappa shape index (κ2) is 8.33. The van der Waals surface area contributed by atoms with Gasteiger partial charge in [0.05, 0.1) is 12.8 Å². The summed E-state index contributed by atoms with van der Waals surface area (Å²) in [4.78, 5) is 20.2. The third-order valence-electron chi connectivity index (χ3n) is 4.42. The maximum absolute atomic E-state index is 12.5. The Kier molecular flexibility index (Phi) is 5.90. The lowest BCUT2D eigenvalue weighted by Crippen LogP contribution is -2.35. The molecule has 3 aromatic rings.